The minimum Gasteiger partial charge on any atom is -0.389 e. The highest BCUT2D eigenvalue weighted by Gasteiger charge is 2.20. The zero-order chi connectivity index (χ0) is 14.9. The molecule has 1 unspecified atom stereocenters. The Kier molecular flexibility index (Phi) is 8.05. The van der Waals surface area contributed by atoms with E-state index in [0.717, 1.165) is 5.92 Å². The first-order valence-electron chi connectivity index (χ1n) is 9.28. The molecule has 124 valence electrons. The van der Waals surface area contributed by atoms with Crippen LogP contribution in [0.1, 0.15) is 77.6 Å². The van der Waals surface area contributed by atoms with Crippen molar-refractivity contribution in [2.24, 2.45) is 5.92 Å². The standard InChI is InChI=1S/C18H35NO2/c1-15(16-9-5-2-3-6-10-16)19-13-17(20)14-21-18-11-7-4-8-12-18/h15-20H,2-14H2,1H3/t15-,17?/m0/s1. The van der Waals surface area contributed by atoms with Gasteiger partial charge in [-0.05, 0) is 38.5 Å². The topological polar surface area (TPSA) is 41.5 Å². The van der Waals surface area contributed by atoms with Gasteiger partial charge in [-0.25, -0.2) is 0 Å². The number of rotatable bonds is 7. The van der Waals surface area contributed by atoms with Gasteiger partial charge >= 0.3 is 0 Å². The molecule has 0 spiro atoms. The number of aliphatic hydroxyl groups excluding tert-OH is 1. The molecule has 2 aliphatic rings. The summed E-state index contributed by atoms with van der Waals surface area (Å²) in [5, 5.41) is 13.6. The zero-order valence-corrected chi connectivity index (χ0v) is 13.9. The Labute approximate surface area is 130 Å². The average molecular weight is 297 g/mol. The molecule has 0 aromatic heterocycles. The fourth-order valence-electron chi connectivity index (χ4n) is 3.84. The smallest absolute Gasteiger partial charge is 0.0897 e. The number of aliphatic hydroxyl groups is 1. The number of nitrogens with one attached hydrogen (secondary N) is 1. The Morgan fingerprint density at radius 2 is 1.52 bits per heavy atom. The summed E-state index contributed by atoms with van der Waals surface area (Å²) in [6.45, 7) is 3.45. The van der Waals surface area contributed by atoms with E-state index in [1.165, 1.54) is 70.6 Å². The Hall–Kier alpha value is -0.120. The third kappa shape index (κ3) is 6.66. The summed E-state index contributed by atoms with van der Waals surface area (Å²) in [5.41, 5.74) is 0. The van der Waals surface area contributed by atoms with Crippen LogP contribution >= 0.6 is 0 Å². The van der Waals surface area contributed by atoms with Crippen LogP contribution in [0.4, 0.5) is 0 Å². The summed E-state index contributed by atoms with van der Waals surface area (Å²) in [7, 11) is 0. The molecule has 3 nitrogen and oxygen atoms in total. The van der Waals surface area contributed by atoms with Gasteiger partial charge in [-0.2, -0.15) is 0 Å². The van der Waals surface area contributed by atoms with Crippen molar-refractivity contribution in [1.82, 2.24) is 5.32 Å². The molecule has 0 heterocycles. The summed E-state index contributed by atoms with van der Waals surface area (Å²) in [5.74, 6) is 0.791. The molecule has 21 heavy (non-hydrogen) atoms. The van der Waals surface area contributed by atoms with Gasteiger partial charge in [-0.1, -0.05) is 44.9 Å². The van der Waals surface area contributed by atoms with Gasteiger partial charge in [0.15, 0.2) is 0 Å². The minimum absolute atomic E-state index is 0.361. The van der Waals surface area contributed by atoms with Crippen LogP contribution in [0.3, 0.4) is 0 Å². The number of hydrogen-bond acceptors (Lipinski definition) is 3. The van der Waals surface area contributed by atoms with Crippen LogP contribution in [0, 0.1) is 5.92 Å². The summed E-state index contributed by atoms with van der Waals surface area (Å²) in [4.78, 5) is 0. The first-order chi connectivity index (χ1) is 10.3. The van der Waals surface area contributed by atoms with Crippen molar-refractivity contribution in [3.05, 3.63) is 0 Å². The fourth-order valence-corrected chi connectivity index (χ4v) is 3.84. The Bertz CT molecular complexity index is 258. The van der Waals surface area contributed by atoms with Gasteiger partial charge in [0, 0.05) is 12.6 Å². The lowest BCUT2D eigenvalue weighted by molar-refractivity contribution is -0.0239. The molecule has 0 amide bonds. The Morgan fingerprint density at radius 1 is 0.952 bits per heavy atom. The van der Waals surface area contributed by atoms with Gasteiger partial charge in [0.1, 0.15) is 0 Å². The van der Waals surface area contributed by atoms with Gasteiger partial charge < -0.3 is 15.2 Å². The third-order valence-electron chi connectivity index (χ3n) is 5.36. The Balaban J connectivity index is 1.57. The monoisotopic (exact) mass is 297 g/mol. The second kappa shape index (κ2) is 9.81. The van der Waals surface area contributed by atoms with Gasteiger partial charge in [0.25, 0.3) is 0 Å². The van der Waals surface area contributed by atoms with Gasteiger partial charge in [-0.3, -0.25) is 0 Å². The molecular weight excluding hydrogens is 262 g/mol. The lowest BCUT2D eigenvalue weighted by Gasteiger charge is -2.26. The van der Waals surface area contributed by atoms with Gasteiger partial charge in [-0.15, -0.1) is 0 Å². The van der Waals surface area contributed by atoms with E-state index in [2.05, 4.69) is 12.2 Å². The van der Waals surface area contributed by atoms with Crippen molar-refractivity contribution in [3.63, 3.8) is 0 Å². The van der Waals surface area contributed by atoms with E-state index in [-0.39, 0.29) is 6.10 Å². The number of hydrogen-bond donors (Lipinski definition) is 2. The molecule has 2 fully saturated rings. The van der Waals surface area contributed by atoms with Gasteiger partial charge in [0.05, 0.1) is 18.8 Å². The second-order valence-corrected chi connectivity index (χ2v) is 7.20. The zero-order valence-electron chi connectivity index (χ0n) is 13.9. The Morgan fingerprint density at radius 3 is 2.19 bits per heavy atom. The molecule has 0 aromatic rings. The van der Waals surface area contributed by atoms with Crippen LogP contribution in [0.2, 0.25) is 0 Å². The van der Waals surface area contributed by atoms with E-state index in [4.69, 9.17) is 4.74 Å². The SMILES string of the molecule is C[C@H](NCC(O)COC1CCCCC1)C1CCCCCC1. The van der Waals surface area contributed by atoms with Crippen LogP contribution < -0.4 is 5.32 Å². The van der Waals surface area contributed by atoms with E-state index >= 15 is 0 Å². The summed E-state index contributed by atoms with van der Waals surface area (Å²) in [6.07, 6.45) is 14.6. The largest absolute Gasteiger partial charge is 0.389 e. The molecule has 0 saturated heterocycles. The first kappa shape index (κ1) is 17.2. The molecule has 2 aliphatic carbocycles. The quantitative estimate of drug-likeness (QED) is 0.705. The molecule has 2 atom stereocenters. The first-order valence-corrected chi connectivity index (χ1v) is 9.28. The van der Waals surface area contributed by atoms with Crippen LogP contribution in [0.15, 0.2) is 0 Å². The third-order valence-corrected chi connectivity index (χ3v) is 5.36. The molecule has 3 heteroatoms. The predicted molar refractivity (Wildman–Crippen MR) is 87.5 cm³/mol. The van der Waals surface area contributed by atoms with E-state index in [1.807, 2.05) is 0 Å². The molecule has 0 aromatic carbocycles. The molecular formula is C18H35NO2. The van der Waals surface area contributed by atoms with Crippen molar-refractivity contribution in [2.45, 2.75) is 95.8 Å². The molecule has 0 bridgehead atoms. The normalized spacial score (nSPS) is 25.4. The fraction of sp³-hybridized carbons (Fsp3) is 1.00. The molecule has 0 radical (unpaired) electrons. The second-order valence-electron chi connectivity index (χ2n) is 7.20. The summed E-state index contributed by atoms with van der Waals surface area (Å²) >= 11 is 0. The highest BCUT2D eigenvalue weighted by atomic mass is 16.5. The average Bonchev–Trinajstić information content (AvgIpc) is 2.81. The maximum atomic E-state index is 10.1. The van der Waals surface area contributed by atoms with Gasteiger partial charge in [0.2, 0.25) is 0 Å². The summed E-state index contributed by atoms with van der Waals surface area (Å²) < 4.78 is 5.85. The van der Waals surface area contributed by atoms with Crippen LogP contribution in [0.5, 0.6) is 0 Å². The van der Waals surface area contributed by atoms with Crippen LogP contribution in [-0.2, 0) is 4.74 Å². The van der Waals surface area contributed by atoms with E-state index in [0.29, 0.717) is 25.3 Å². The number of ether oxygens (including phenoxy) is 1. The molecule has 2 N–H and O–H groups in total. The lowest BCUT2D eigenvalue weighted by Crippen LogP contribution is -2.40. The highest BCUT2D eigenvalue weighted by Crippen LogP contribution is 2.25. The van der Waals surface area contributed by atoms with Crippen molar-refractivity contribution in [3.8, 4) is 0 Å². The van der Waals surface area contributed by atoms with Crippen molar-refractivity contribution in [2.75, 3.05) is 13.2 Å². The van der Waals surface area contributed by atoms with Crippen molar-refractivity contribution < 1.29 is 9.84 Å². The van der Waals surface area contributed by atoms with E-state index < -0.39 is 0 Å². The highest BCUT2D eigenvalue weighted by molar-refractivity contribution is 4.76. The van der Waals surface area contributed by atoms with Crippen LogP contribution in [-0.4, -0.2) is 36.5 Å². The van der Waals surface area contributed by atoms with E-state index in [1.54, 1.807) is 0 Å². The lowest BCUT2D eigenvalue weighted by atomic mass is 9.93. The van der Waals surface area contributed by atoms with Crippen LogP contribution in [0.25, 0.3) is 0 Å². The van der Waals surface area contributed by atoms with Crippen molar-refractivity contribution in [1.29, 1.82) is 0 Å². The minimum atomic E-state index is -0.361. The summed E-state index contributed by atoms with van der Waals surface area (Å²) in [6, 6.07) is 0.521. The molecule has 2 rings (SSSR count). The van der Waals surface area contributed by atoms with E-state index in [9.17, 15) is 5.11 Å². The van der Waals surface area contributed by atoms with Crippen molar-refractivity contribution >= 4 is 0 Å². The maximum absolute atomic E-state index is 10.1. The predicted octanol–water partition coefficient (Wildman–Crippen LogP) is 3.65. The molecule has 2 saturated carbocycles. The molecule has 0 aliphatic heterocycles. The maximum Gasteiger partial charge on any atom is 0.0897 e.